The Hall–Kier alpha value is -1.45. The van der Waals surface area contributed by atoms with E-state index in [1.54, 1.807) is 0 Å². The Labute approximate surface area is 57.4 Å². The first kappa shape index (κ1) is 5.34. The first-order valence-corrected chi connectivity index (χ1v) is 2.95. The zero-order chi connectivity index (χ0) is 6.97. The molecular weight excluding hydrogens is 130 g/mol. The van der Waals surface area contributed by atoms with Gasteiger partial charge in [-0.1, -0.05) is 0 Å². The van der Waals surface area contributed by atoms with Crippen molar-refractivity contribution in [3.05, 3.63) is 11.8 Å². The molecule has 50 valence electrons. The second-order valence-corrected chi connectivity index (χ2v) is 2.07. The van der Waals surface area contributed by atoms with Crippen LogP contribution in [0, 0.1) is 0 Å². The minimum atomic E-state index is -0.0898. The standard InChI is InChI=1S/C6H5N3O/c10-6-1-4-5(2-7-6)9-3-8-4/h1,3H,2H2,(H,7,10). The fraction of sp³-hybridized carbons (Fsp3) is 0.167. The Kier molecular flexibility index (Phi) is 0.943. The van der Waals surface area contributed by atoms with Gasteiger partial charge in [-0.25, -0.2) is 9.98 Å². The van der Waals surface area contributed by atoms with Crippen LogP contribution in [-0.2, 0) is 4.79 Å². The number of rotatable bonds is 0. The van der Waals surface area contributed by atoms with Crippen LogP contribution < -0.4 is 5.32 Å². The molecule has 2 aliphatic heterocycles. The van der Waals surface area contributed by atoms with Gasteiger partial charge in [0.25, 0.3) is 0 Å². The van der Waals surface area contributed by atoms with Crippen LogP contribution in [-0.4, -0.2) is 24.5 Å². The number of hydrogen-bond donors (Lipinski definition) is 1. The maximum atomic E-state index is 10.7. The van der Waals surface area contributed by atoms with Crippen molar-refractivity contribution < 1.29 is 4.79 Å². The second-order valence-electron chi connectivity index (χ2n) is 2.07. The van der Waals surface area contributed by atoms with Gasteiger partial charge < -0.3 is 5.32 Å². The highest BCUT2D eigenvalue weighted by Gasteiger charge is 2.16. The number of fused-ring (bicyclic) bond motifs is 1. The Morgan fingerprint density at radius 3 is 3.40 bits per heavy atom. The van der Waals surface area contributed by atoms with Crippen molar-refractivity contribution in [1.29, 1.82) is 0 Å². The maximum absolute atomic E-state index is 10.7. The number of amides is 1. The van der Waals surface area contributed by atoms with E-state index in [9.17, 15) is 4.79 Å². The molecule has 0 spiro atoms. The molecule has 0 bridgehead atoms. The van der Waals surface area contributed by atoms with Gasteiger partial charge in [0.1, 0.15) is 6.34 Å². The predicted molar refractivity (Wildman–Crippen MR) is 37.0 cm³/mol. The smallest absolute Gasteiger partial charge is 0.246 e. The lowest BCUT2D eigenvalue weighted by molar-refractivity contribution is -0.116. The second kappa shape index (κ2) is 1.76. The van der Waals surface area contributed by atoms with Crippen LogP contribution in [0.15, 0.2) is 21.8 Å². The fourth-order valence-corrected chi connectivity index (χ4v) is 0.904. The third-order valence-corrected chi connectivity index (χ3v) is 1.40. The van der Waals surface area contributed by atoms with Gasteiger partial charge >= 0.3 is 0 Å². The third kappa shape index (κ3) is 0.655. The molecule has 0 aromatic rings. The molecule has 0 aromatic heterocycles. The van der Waals surface area contributed by atoms with Crippen LogP contribution in [0.4, 0.5) is 0 Å². The molecule has 0 saturated heterocycles. The Balaban J connectivity index is 2.43. The van der Waals surface area contributed by atoms with Crippen LogP contribution in [0.1, 0.15) is 0 Å². The molecule has 2 heterocycles. The van der Waals surface area contributed by atoms with E-state index in [2.05, 4.69) is 15.3 Å². The van der Waals surface area contributed by atoms with Crippen molar-refractivity contribution >= 4 is 18.0 Å². The quantitative estimate of drug-likeness (QED) is 0.477. The molecule has 1 amide bonds. The predicted octanol–water partition coefficient (Wildman–Crippen LogP) is -0.517. The van der Waals surface area contributed by atoms with Crippen molar-refractivity contribution in [2.75, 3.05) is 6.54 Å². The number of nitrogens with zero attached hydrogens (tertiary/aromatic N) is 2. The van der Waals surface area contributed by atoms with E-state index < -0.39 is 0 Å². The molecule has 0 saturated carbocycles. The van der Waals surface area contributed by atoms with E-state index >= 15 is 0 Å². The topological polar surface area (TPSA) is 53.8 Å². The van der Waals surface area contributed by atoms with E-state index in [-0.39, 0.29) is 5.91 Å². The van der Waals surface area contributed by atoms with Crippen LogP contribution in [0.5, 0.6) is 0 Å². The zero-order valence-corrected chi connectivity index (χ0v) is 5.16. The van der Waals surface area contributed by atoms with Gasteiger partial charge in [0.2, 0.25) is 5.91 Å². The van der Waals surface area contributed by atoms with E-state index in [0.717, 1.165) is 5.71 Å². The largest absolute Gasteiger partial charge is 0.347 e. The average molecular weight is 135 g/mol. The SMILES string of the molecule is O=C1C=C2N=CN=C2CN1. The normalized spacial score (nSPS) is 21.4. The van der Waals surface area contributed by atoms with Gasteiger partial charge in [0, 0.05) is 6.08 Å². The first-order valence-electron chi connectivity index (χ1n) is 2.95. The van der Waals surface area contributed by atoms with E-state index in [1.165, 1.54) is 12.4 Å². The molecule has 0 atom stereocenters. The molecule has 0 unspecified atom stereocenters. The van der Waals surface area contributed by atoms with Gasteiger partial charge in [-0.2, -0.15) is 0 Å². The van der Waals surface area contributed by atoms with Crippen LogP contribution >= 0.6 is 0 Å². The summed E-state index contributed by atoms with van der Waals surface area (Å²) in [4.78, 5) is 18.5. The van der Waals surface area contributed by atoms with E-state index in [4.69, 9.17) is 0 Å². The lowest BCUT2D eigenvalue weighted by atomic mass is 10.2. The van der Waals surface area contributed by atoms with Crippen LogP contribution in [0.25, 0.3) is 0 Å². The van der Waals surface area contributed by atoms with Gasteiger partial charge in [0.05, 0.1) is 18.0 Å². The summed E-state index contributed by atoms with van der Waals surface area (Å²) in [6, 6.07) is 0. The monoisotopic (exact) mass is 135 g/mol. The van der Waals surface area contributed by atoms with Gasteiger partial charge in [-0.15, -0.1) is 0 Å². The summed E-state index contributed by atoms with van der Waals surface area (Å²) in [5.74, 6) is -0.0898. The third-order valence-electron chi connectivity index (χ3n) is 1.40. The molecule has 2 rings (SSSR count). The lowest BCUT2D eigenvalue weighted by Crippen LogP contribution is -2.32. The van der Waals surface area contributed by atoms with Crippen LogP contribution in [0.3, 0.4) is 0 Å². The number of aliphatic imine (C=N–C) groups is 2. The highest BCUT2D eigenvalue weighted by atomic mass is 16.1. The number of hydrogen-bond acceptors (Lipinski definition) is 3. The van der Waals surface area contributed by atoms with Gasteiger partial charge in [0.15, 0.2) is 0 Å². The van der Waals surface area contributed by atoms with E-state index in [1.807, 2.05) is 0 Å². The summed E-state index contributed by atoms with van der Waals surface area (Å²) in [6.45, 7) is 0.505. The minimum absolute atomic E-state index is 0.0898. The molecule has 2 aliphatic rings. The van der Waals surface area contributed by atoms with Crippen molar-refractivity contribution in [3.8, 4) is 0 Å². The summed E-state index contributed by atoms with van der Waals surface area (Å²) in [5.41, 5.74) is 1.54. The molecule has 1 N–H and O–H groups in total. The van der Waals surface area contributed by atoms with E-state index in [0.29, 0.717) is 12.2 Å². The highest BCUT2D eigenvalue weighted by Crippen LogP contribution is 2.08. The summed E-state index contributed by atoms with van der Waals surface area (Å²) < 4.78 is 0. The Morgan fingerprint density at radius 1 is 1.60 bits per heavy atom. The summed E-state index contributed by atoms with van der Waals surface area (Å²) >= 11 is 0. The summed E-state index contributed by atoms with van der Waals surface area (Å²) in [6.07, 6.45) is 2.91. The molecule has 0 aliphatic carbocycles. The molecule has 4 heteroatoms. The van der Waals surface area contributed by atoms with Crippen molar-refractivity contribution in [2.45, 2.75) is 0 Å². The minimum Gasteiger partial charge on any atom is -0.347 e. The van der Waals surface area contributed by atoms with Crippen molar-refractivity contribution in [3.63, 3.8) is 0 Å². The lowest BCUT2D eigenvalue weighted by Gasteiger charge is -2.08. The molecule has 0 aromatic carbocycles. The molecule has 4 nitrogen and oxygen atoms in total. The molecule has 0 fully saturated rings. The van der Waals surface area contributed by atoms with Gasteiger partial charge in [-0.05, 0) is 0 Å². The summed E-state index contributed by atoms with van der Waals surface area (Å²) in [5, 5.41) is 2.63. The number of nitrogens with one attached hydrogen (secondary N) is 1. The summed E-state index contributed by atoms with van der Waals surface area (Å²) in [7, 11) is 0. The molecule has 0 radical (unpaired) electrons. The highest BCUT2D eigenvalue weighted by molar-refractivity contribution is 6.15. The van der Waals surface area contributed by atoms with Crippen molar-refractivity contribution in [1.82, 2.24) is 5.32 Å². The average Bonchev–Trinajstić information content (AvgIpc) is 2.33. The molecular formula is C6H5N3O. The first-order chi connectivity index (χ1) is 4.86. The van der Waals surface area contributed by atoms with Crippen LogP contribution in [0.2, 0.25) is 0 Å². The molecule has 10 heavy (non-hydrogen) atoms. The maximum Gasteiger partial charge on any atom is 0.246 e. The van der Waals surface area contributed by atoms with Crippen molar-refractivity contribution in [2.24, 2.45) is 9.98 Å². The Bertz CT molecular complexity index is 275. The number of carbonyl (C=O) groups is 1. The fourth-order valence-electron chi connectivity index (χ4n) is 0.904. The Morgan fingerprint density at radius 2 is 2.50 bits per heavy atom. The zero-order valence-electron chi connectivity index (χ0n) is 5.16. The van der Waals surface area contributed by atoms with Gasteiger partial charge in [-0.3, -0.25) is 4.79 Å². The number of carbonyl (C=O) groups excluding carboxylic acids is 1.